The second-order valence-corrected chi connectivity index (χ2v) is 28.9. The van der Waals surface area contributed by atoms with Crippen LogP contribution in [0, 0.1) is 0 Å². The Bertz CT molecular complexity index is 5350. The number of aromatic hydroxyl groups is 1. The molecule has 0 saturated heterocycles. The van der Waals surface area contributed by atoms with Gasteiger partial charge in [0.1, 0.15) is 53.2 Å². The summed E-state index contributed by atoms with van der Waals surface area (Å²) in [5.74, 6) is 2.76. The maximum absolute atomic E-state index is 11.3. The first-order chi connectivity index (χ1) is 65.4. The first-order valence-corrected chi connectivity index (χ1v) is 43.6. The Hall–Kier alpha value is -12.9. The third kappa shape index (κ3) is 58.1. The van der Waals surface area contributed by atoms with Crippen LogP contribution in [-0.4, -0.2) is 149 Å². The maximum Gasteiger partial charge on any atom is 2.00 e. The van der Waals surface area contributed by atoms with Crippen LogP contribution in [0.3, 0.4) is 0 Å². The van der Waals surface area contributed by atoms with Crippen LogP contribution in [0.2, 0.25) is 0 Å². The number of esters is 1. The molecular weight excluding hydrogens is 2490 g/mol. The van der Waals surface area contributed by atoms with E-state index in [2.05, 4.69) is 80.8 Å². The summed E-state index contributed by atoms with van der Waals surface area (Å²) in [6.07, 6.45) is 9.42. The second kappa shape index (κ2) is 79.9. The summed E-state index contributed by atoms with van der Waals surface area (Å²) in [7, 11) is 5.85. The van der Waals surface area contributed by atoms with Gasteiger partial charge in [-0.25, -0.2) is 29.9 Å². The van der Waals surface area contributed by atoms with Crippen molar-refractivity contribution in [3.05, 3.63) is 227 Å². The first-order valence-electron chi connectivity index (χ1n) is 43.6. The molecule has 42 heteroatoms. The van der Waals surface area contributed by atoms with Gasteiger partial charge in [0.05, 0.1) is 70.5 Å². The van der Waals surface area contributed by atoms with E-state index < -0.39 is 41.0 Å². The molecule has 764 valence electrons. The zero-order valence-electron chi connectivity index (χ0n) is 84.2. The third-order valence-electron chi connectivity index (χ3n) is 16.0. The van der Waals surface area contributed by atoms with Crippen LogP contribution >= 0.6 is 0 Å². The fourth-order valence-corrected chi connectivity index (χ4v) is 10.5. The smallest absolute Gasteiger partial charge is 0.668 e. The topological polar surface area (TPSA) is 580 Å². The number of ether oxygens (including phenoxy) is 9. The number of nitrogens with two attached hydrogens (primary N) is 3. The molecule has 0 bridgehead atoms. The number of para-hydroxylation sites is 5. The Balaban J connectivity index is -0.000000383. The molecule has 11 aromatic rings. The average molecular weight is 2630 g/mol. The van der Waals surface area contributed by atoms with E-state index in [9.17, 15) is 48.3 Å². The van der Waals surface area contributed by atoms with Gasteiger partial charge in [-0.3, -0.25) is 25.5 Å². The van der Waals surface area contributed by atoms with E-state index in [1.54, 1.807) is 118 Å². The number of rotatable bonds is 30. The van der Waals surface area contributed by atoms with Crippen molar-refractivity contribution in [3.8, 4) is 34.5 Å². The number of phenols is 1. The van der Waals surface area contributed by atoms with E-state index in [4.69, 9.17) is 63.8 Å². The van der Waals surface area contributed by atoms with Crippen molar-refractivity contribution in [2.45, 2.75) is 200 Å². The van der Waals surface area contributed by atoms with E-state index in [1.807, 2.05) is 197 Å². The summed E-state index contributed by atoms with van der Waals surface area (Å²) >= 11 is 0. The van der Waals surface area contributed by atoms with Gasteiger partial charge < -0.3 is 144 Å². The monoisotopic (exact) mass is 2630 g/mol. The number of fused-ring (bicyclic) bond motifs is 3. The van der Waals surface area contributed by atoms with Crippen molar-refractivity contribution in [1.82, 2.24) is 45.9 Å². The zero-order valence-corrected chi connectivity index (χ0v) is 95.9. The molecule has 38 nitrogen and oxygen atoms in total. The Kier molecular flexibility index (Phi) is 78.6. The number of nitrogens with one attached hydrogen (secondary N) is 10. The quantitative estimate of drug-likeness (QED) is 0.00657. The normalized spacial score (nSPS) is 9.50. The summed E-state index contributed by atoms with van der Waals surface area (Å²) in [4.78, 5) is 119. The Labute approximate surface area is 885 Å². The number of nitrogens with zero attached hydrogens (tertiary/aromatic N) is 6. The summed E-state index contributed by atoms with van der Waals surface area (Å²) < 4.78 is 45.2. The number of amides is 7. The molecule has 0 saturated carbocycles. The van der Waals surface area contributed by atoms with Crippen molar-refractivity contribution in [1.29, 1.82) is 0 Å². The van der Waals surface area contributed by atoms with Crippen LogP contribution in [0.15, 0.2) is 177 Å². The fraction of sp³-hybridized carbons (Fsp3) is 0.364. The molecule has 7 amide bonds. The summed E-state index contributed by atoms with van der Waals surface area (Å²) in [6, 6.07) is 47.8. The van der Waals surface area contributed by atoms with E-state index >= 15 is 0 Å². The molecule has 0 aliphatic rings. The molecule has 0 radical (unpaired) electrons. The van der Waals surface area contributed by atoms with Crippen LogP contribution in [0.5, 0.6) is 34.5 Å². The van der Waals surface area contributed by atoms with E-state index in [-0.39, 0.29) is 122 Å². The van der Waals surface area contributed by atoms with Crippen LogP contribution in [0.1, 0.15) is 179 Å². The van der Waals surface area contributed by atoms with Crippen LogP contribution in [0.25, 0.3) is 55.6 Å². The van der Waals surface area contributed by atoms with Crippen LogP contribution < -0.4 is 72.8 Å². The average Bonchev–Trinajstić information content (AvgIpc) is 0.785. The minimum atomic E-state index is -0.975. The van der Waals surface area contributed by atoms with Gasteiger partial charge in [-0.05, 0) is 145 Å². The number of anilines is 8. The number of methoxy groups -OCH3 is 4. The summed E-state index contributed by atoms with van der Waals surface area (Å²) in [5, 5.41) is 29.4. The van der Waals surface area contributed by atoms with Crippen molar-refractivity contribution >= 4 is 134 Å². The van der Waals surface area contributed by atoms with Gasteiger partial charge in [0.2, 0.25) is 18.3 Å². The fourth-order valence-electron chi connectivity index (χ4n) is 10.5. The van der Waals surface area contributed by atoms with Gasteiger partial charge in [-0.2, -0.15) is 19.2 Å². The van der Waals surface area contributed by atoms with Gasteiger partial charge >= 0.3 is 90.2 Å². The Morgan fingerprint density at radius 1 is 0.390 bits per heavy atom. The molecule has 0 aliphatic heterocycles. The molecular formula is C99H135N19O19W4. The van der Waals surface area contributed by atoms with Gasteiger partial charge in [0, 0.05) is 95.4 Å². The standard InChI is InChI=1S/C21H21N4O5.C20H20N5O4.C17H15N4O3.C9H10NO.C7H10N2.3C5H11NO2.5C2H6.4W/c1-28-18-10-17-15(9-19(18)30-8-7-20(27)29-2)21(24-12-23-17)25-16-6-4-3-5-14(16)11-22-13-26;1-28-17-9-16-14(8-18(17)29-7-6-19(21)27)20(24-11-23-16)25-15-5-3-2-4-13(15)10-22-12-26;1-24-16-7-14-12(6-15(16)23)17(20-9-19-14)21-13-5-3-2-4-11(13)8-18-10-22;10-9-6-2-1-4-8(9)5-3-7-11;8-5-6-3-1-2-4-7(6)9;3*1-5(2,3)8-4(6)7;5*1-2;;;;/h3-6,9-10,12H,7-8,11H2,1-2H3,(H,22,26)(H,23,24,25);2-5,8-9,11H,6-7,10H2,1H3,(H4,21,22,23,24,25,26,27);2-7,9,23H,8H2,1H3,(H,18,22)(H,19,20,21);1-2,4,6H,3,5,10H2;1-4H,5,8-9H2;3*1-3H3,(H2,6,7);5*1-2H3;;;;/q4*-1;;;;;;;;;;4*+2/p-4. The molecule has 0 fully saturated rings. The molecule has 0 aliphatic carbocycles. The molecule has 17 N–H and O–H groups in total. The molecule has 3 aromatic heterocycles. The maximum atomic E-state index is 11.3. The van der Waals surface area contributed by atoms with Gasteiger partial charge in [-0.15, -0.1) is 6.42 Å². The second-order valence-electron chi connectivity index (χ2n) is 28.9. The molecule has 11 rings (SSSR count). The molecule has 0 unspecified atom stereocenters. The molecule has 141 heavy (non-hydrogen) atoms. The number of benzene rings is 8. The number of aromatic nitrogens is 6. The van der Waals surface area contributed by atoms with E-state index in [1.165, 1.54) is 47.4 Å². The molecule has 3 heterocycles. The first kappa shape index (κ1) is 139. The number of hydrogen-bond acceptors (Lipinski definition) is 31. The Morgan fingerprint density at radius 3 is 0.943 bits per heavy atom. The predicted octanol–water partition coefficient (Wildman–Crippen LogP) is 20.7. The molecule has 0 spiro atoms. The Morgan fingerprint density at radius 2 is 0.681 bits per heavy atom. The SMILES string of the molecule is CC.CC.CC.CC.CC.CC(C)(C)OC([NH-])=O.CC(C)(C)OC([NH-])=O.CC(C)(C)OC([NH-])=O.COC(=O)CCOc1cc2c(Nc3ccccc3CN[C-]=O)ncnc2cc1OC.COc1cc2ncnc(Nc3ccccc3CN[C-]=O)c2cc1O.COc1cc2ncnc(Nc3ccccc3CN[C-]=O)c2cc1OCCC([NH-])=O.NCc1ccccc1N.Nc1ccccc1CC[C-]=O.[W+2].[W+2].[W+2].[W+2]. The number of aryl methyl sites for hydroxylation is 1. The van der Waals surface area contributed by atoms with Crippen LogP contribution in [0.4, 0.5) is 60.3 Å². The third-order valence-corrected chi connectivity index (χ3v) is 16.0. The van der Waals surface area contributed by atoms with Gasteiger partial charge in [-0.1, -0.05) is 160 Å². The van der Waals surface area contributed by atoms with Crippen molar-refractivity contribution < 1.29 is 175 Å². The minimum Gasteiger partial charge on any atom is -0.668 e. The van der Waals surface area contributed by atoms with Crippen LogP contribution in [-0.2, 0) is 165 Å². The van der Waals surface area contributed by atoms with Gasteiger partial charge in [0.25, 0.3) is 0 Å². The molecule has 8 aromatic carbocycles. The number of nitrogen functional groups attached to an aromatic ring is 2. The molecule has 0 atom stereocenters. The number of hydrogen-bond donors (Lipinski definition) is 10. The van der Waals surface area contributed by atoms with Crippen molar-refractivity contribution in [3.63, 3.8) is 0 Å². The largest absolute Gasteiger partial charge is 2.00 e. The van der Waals surface area contributed by atoms with Gasteiger partial charge in [0.15, 0.2) is 34.5 Å². The zero-order chi connectivity index (χ0) is 104. The van der Waals surface area contributed by atoms with E-state index in [0.29, 0.717) is 118 Å². The number of carbonyl (C=O) groups is 5. The van der Waals surface area contributed by atoms with Crippen molar-refractivity contribution in [2.24, 2.45) is 5.73 Å². The number of carbonyl (C=O) groups excluding carboxylic acids is 9. The summed E-state index contributed by atoms with van der Waals surface area (Å²) in [5.41, 5.74) is 51.6. The van der Waals surface area contributed by atoms with Crippen molar-refractivity contribution in [2.75, 3.05) is 69.1 Å². The minimum absolute atomic E-state index is 0. The summed E-state index contributed by atoms with van der Waals surface area (Å²) in [6.45, 7) is 37.2. The predicted molar refractivity (Wildman–Crippen MR) is 540 cm³/mol. The number of phenolic OH excluding ortho intramolecular Hbond substituents is 1. The van der Waals surface area contributed by atoms with E-state index in [0.717, 1.165) is 56.3 Å².